The molecule has 0 radical (unpaired) electrons. The number of anilines is 2. The van der Waals surface area contributed by atoms with Crippen molar-refractivity contribution in [2.75, 3.05) is 23.4 Å². The lowest BCUT2D eigenvalue weighted by Gasteiger charge is -2.17. The molecule has 9 nitrogen and oxygen atoms in total. The van der Waals surface area contributed by atoms with E-state index >= 15 is 0 Å². The number of carbonyl (C=O) groups is 3. The maximum atomic E-state index is 12.3. The second kappa shape index (κ2) is 9.38. The summed E-state index contributed by atoms with van der Waals surface area (Å²) in [6.07, 6.45) is 0.904. The van der Waals surface area contributed by atoms with Crippen molar-refractivity contribution in [2.24, 2.45) is 5.92 Å². The van der Waals surface area contributed by atoms with Crippen LogP contribution in [-0.2, 0) is 25.5 Å². The van der Waals surface area contributed by atoms with Gasteiger partial charge in [0, 0.05) is 36.0 Å². The molecule has 162 valence electrons. The number of nitro benzene ring substituents is 1. The fraction of sp³-hybridized carbons (Fsp3) is 0.318. The zero-order valence-electron chi connectivity index (χ0n) is 17.3. The molecule has 0 unspecified atom stereocenters. The minimum Gasteiger partial charge on any atom is -0.455 e. The number of benzene rings is 2. The van der Waals surface area contributed by atoms with E-state index in [0.717, 1.165) is 17.7 Å². The van der Waals surface area contributed by atoms with Gasteiger partial charge in [-0.2, -0.15) is 0 Å². The van der Waals surface area contributed by atoms with Crippen LogP contribution >= 0.6 is 0 Å². The van der Waals surface area contributed by atoms with Crippen molar-refractivity contribution >= 4 is 34.8 Å². The molecule has 31 heavy (non-hydrogen) atoms. The zero-order chi connectivity index (χ0) is 22.5. The summed E-state index contributed by atoms with van der Waals surface area (Å²) in [5.41, 5.74) is 2.45. The van der Waals surface area contributed by atoms with Crippen LogP contribution in [0.4, 0.5) is 17.1 Å². The Kier molecular flexibility index (Phi) is 6.64. The summed E-state index contributed by atoms with van der Waals surface area (Å²) in [7, 11) is 0. The van der Waals surface area contributed by atoms with Gasteiger partial charge in [0.2, 0.25) is 5.91 Å². The number of nitro groups is 1. The van der Waals surface area contributed by atoms with Crippen LogP contribution in [0.5, 0.6) is 0 Å². The Bertz CT molecular complexity index is 1020. The maximum absolute atomic E-state index is 12.3. The number of nitrogens with zero attached hydrogens (tertiary/aromatic N) is 2. The Hall–Kier alpha value is -3.75. The predicted molar refractivity (Wildman–Crippen MR) is 114 cm³/mol. The lowest BCUT2D eigenvalue weighted by Crippen LogP contribution is -2.28. The molecule has 2 aromatic carbocycles. The molecule has 1 atom stereocenters. The summed E-state index contributed by atoms with van der Waals surface area (Å²) < 4.78 is 5.07. The van der Waals surface area contributed by atoms with E-state index in [1.165, 1.54) is 23.1 Å². The van der Waals surface area contributed by atoms with E-state index in [4.69, 9.17) is 4.74 Å². The first-order chi connectivity index (χ1) is 14.8. The van der Waals surface area contributed by atoms with Crippen molar-refractivity contribution in [1.29, 1.82) is 0 Å². The van der Waals surface area contributed by atoms with E-state index in [1.807, 2.05) is 31.2 Å². The van der Waals surface area contributed by atoms with Crippen LogP contribution in [0.2, 0.25) is 0 Å². The summed E-state index contributed by atoms with van der Waals surface area (Å²) in [5.74, 6) is -2.09. The number of carbonyl (C=O) groups excluding carboxylic acids is 3. The largest absolute Gasteiger partial charge is 0.455 e. The average Bonchev–Trinajstić information content (AvgIpc) is 3.15. The average molecular weight is 425 g/mol. The molecule has 1 fully saturated rings. The molecule has 1 N–H and O–H groups in total. The molecule has 1 saturated heterocycles. The summed E-state index contributed by atoms with van der Waals surface area (Å²) >= 11 is 0. The normalized spacial score (nSPS) is 15.6. The summed E-state index contributed by atoms with van der Waals surface area (Å²) in [5, 5.41) is 13.5. The fourth-order valence-electron chi connectivity index (χ4n) is 3.36. The molecule has 0 aliphatic carbocycles. The Balaban J connectivity index is 1.53. The summed E-state index contributed by atoms with van der Waals surface area (Å²) in [6.45, 7) is 3.28. The van der Waals surface area contributed by atoms with Gasteiger partial charge < -0.3 is 15.0 Å². The Labute approximate surface area is 179 Å². The predicted octanol–water partition coefficient (Wildman–Crippen LogP) is 3.00. The second-order valence-corrected chi connectivity index (χ2v) is 7.34. The van der Waals surface area contributed by atoms with Gasteiger partial charge in [-0.1, -0.05) is 25.1 Å². The van der Waals surface area contributed by atoms with Crippen LogP contribution in [0, 0.1) is 23.0 Å². The Morgan fingerprint density at radius 3 is 2.58 bits per heavy atom. The van der Waals surface area contributed by atoms with Gasteiger partial charge in [0.25, 0.3) is 11.6 Å². The Morgan fingerprint density at radius 1 is 1.23 bits per heavy atom. The molecular weight excluding hydrogens is 402 g/mol. The van der Waals surface area contributed by atoms with Crippen molar-refractivity contribution in [2.45, 2.75) is 26.7 Å². The lowest BCUT2D eigenvalue weighted by molar-refractivity contribution is -0.385. The molecule has 1 aliphatic heterocycles. The van der Waals surface area contributed by atoms with Crippen LogP contribution < -0.4 is 10.2 Å². The second-order valence-electron chi connectivity index (χ2n) is 7.34. The Morgan fingerprint density at radius 2 is 1.94 bits per heavy atom. The smallest absolute Gasteiger partial charge is 0.311 e. The highest BCUT2D eigenvalue weighted by molar-refractivity contribution is 6.00. The molecule has 1 heterocycles. The lowest BCUT2D eigenvalue weighted by atomic mass is 10.1. The van der Waals surface area contributed by atoms with E-state index in [0.29, 0.717) is 5.56 Å². The van der Waals surface area contributed by atoms with Gasteiger partial charge in [0.1, 0.15) is 0 Å². The third-order valence-electron chi connectivity index (χ3n) is 5.15. The number of hydrogen-bond donors (Lipinski definition) is 1. The number of rotatable bonds is 7. The van der Waals surface area contributed by atoms with Crippen molar-refractivity contribution in [1.82, 2.24) is 0 Å². The fourth-order valence-corrected chi connectivity index (χ4v) is 3.36. The number of ether oxygens (including phenoxy) is 1. The van der Waals surface area contributed by atoms with Gasteiger partial charge in [0.15, 0.2) is 6.61 Å². The van der Waals surface area contributed by atoms with E-state index in [1.54, 1.807) is 6.92 Å². The summed E-state index contributed by atoms with van der Waals surface area (Å²) in [4.78, 5) is 48.7. The van der Waals surface area contributed by atoms with Crippen molar-refractivity contribution in [3.63, 3.8) is 0 Å². The number of esters is 1. The standard InChI is InChI=1S/C22H23N3O6/c1-3-15-5-8-18(9-6-15)24-12-16(10-21(24)27)22(28)31-13-20(26)23-17-7-4-14(2)19(11-17)25(29)30/h4-9,11,16H,3,10,12-13H2,1-2H3,(H,23,26)/t16-/m1/s1. The van der Waals surface area contributed by atoms with Gasteiger partial charge in [0.05, 0.1) is 10.8 Å². The quantitative estimate of drug-likeness (QED) is 0.414. The van der Waals surface area contributed by atoms with Gasteiger partial charge in [-0.15, -0.1) is 0 Å². The van der Waals surface area contributed by atoms with Crippen LogP contribution in [0.3, 0.4) is 0 Å². The van der Waals surface area contributed by atoms with E-state index < -0.39 is 29.3 Å². The first kappa shape index (κ1) is 21.9. The molecule has 2 amide bonds. The van der Waals surface area contributed by atoms with Crippen LogP contribution in [0.15, 0.2) is 42.5 Å². The molecule has 0 spiro atoms. The van der Waals surface area contributed by atoms with Crippen LogP contribution in [-0.4, -0.2) is 35.9 Å². The van der Waals surface area contributed by atoms with Crippen molar-refractivity contribution < 1.29 is 24.0 Å². The molecular formula is C22H23N3O6. The number of amides is 2. The molecule has 0 bridgehead atoms. The monoisotopic (exact) mass is 425 g/mol. The highest BCUT2D eigenvalue weighted by Crippen LogP contribution is 2.26. The minimum atomic E-state index is -0.661. The molecule has 0 aromatic heterocycles. The molecule has 1 aliphatic rings. The molecule has 3 rings (SSSR count). The van der Waals surface area contributed by atoms with Gasteiger partial charge in [-0.05, 0) is 37.1 Å². The molecule has 9 heteroatoms. The van der Waals surface area contributed by atoms with Gasteiger partial charge >= 0.3 is 5.97 Å². The van der Waals surface area contributed by atoms with Crippen LogP contribution in [0.25, 0.3) is 0 Å². The highest BCUT2D eigenvalue weighted by atomic mass is 16.6. The van der Waals surface area contributed by atoms with E-state index in [9.17, 15) is 24.5 Å². The van der Waals surface area contributed by atoms with E-state index in [2.05, 4.69) is 5.32 Å². The minimum absolute atomic E-state index is 0.0140. The third-order valence-corrected chi connectivity index (χ3v) is 5.15. The molecule has 0 saturated carbocycles. The summed E-state index contributed by atoms with van der Waals surface area (Å²) in [6, 6.07) is 11.9. The van der Waals surface area contributed by atoms with E-state index in [-0.39, 0.29) is 30.2 Å². The highest BCUT2D eigenvalue weighted by Gasteiger charge is 2.36. The number of aryl methyl sites for hydroxylation is 2. The van der Waals surface area contributed by atoms with Crippen molar-refractivity contribution in [3.8, 4) is 0 Å². The number of nitrogens with one attached hydrogen (secondary N) is 1. The van der Waals surface area contributed by atoms with Gasteiger partial charge in [-0.3, -0.25) is 24.5 Å². The SMILES string of the molecule is CCc1ccc(N2C[C@H](C(=O)OCC(=O)Nc3ccc(C)c([N+](=O)[O-])c3)CC2=O)cc1. The van der Waals surface area contributed by atoms with Crippen LogP contribution in [0.1, 0.15) is 24.5 Å². The first-order valence-corrected chi connectivity index (χ1v) is 9.89. The maximum Gasteiger partial charge on any atom is 0.311 e. The van der Waals surface area contributed by atoms with Crippen molar-refractivity contribution in [3.05, 3.63) is 63.7 Å². The zero-order valence-corrected chi connectivity index (χ0v) is 17.3. The number of hydrogen-bond acceptors (Lipinski definition) is 6. The third kappa shape index (κ3) is 5.25. The molecule has 2 aromatic rings. The first-order valence-electron chi connectivity index (χ1n) is 9.89. The van der Waals surface area contributed by atoms with Gasteiger partial charge in [-0.25, -0.2) is 0 Å². The topological polar surface area (TPSA) is 119 Å².